The van der Waals surface area contributed by atoms with Crippen LogP contribution < -0.4 is 0 Å². The zero-order chi connectivity index (χ0) is 22.6. The van der Waals surface area contributed by atoms with Gasteiger partial charge in [-0.05, 0) is 74.1 Å². The molecule has 0 N–H and O–H groups in total. The van der Waals surface area contributed by atoms with Crippen molar-refractivity contribution >= 4 is 22.9 Å². The van der Waals surface area contributed by atoms with E-state index in [1.165, 1.54) is 62.5 Å². The Labute approximate surface area is 200 Å². The summed E-state index contributed by atoms with van der Waals surface area (Å²) in [7, 11) is 2.12. The molecule has 0 radical (unpaired) electrons. The van der Waals surface area contributed by atoms with E-state index in [9.17, 15) is 0 Å². The quantitative estimate of drug-likeness (QED) is 0.229. The van der Waals surface area contributed by atoms with Crippen molar-refractivity contribution in [2.75, 3.05) is 19.0 Å². The molecule has 1 fully saturated rings. The molecular formula is C26H36N4O2S. The molecule has 1 saturated heterocycles. The van der Waals surface area contributed by atoms with Gasteiger partial charge in [-0.2, -0.15) is 0 Å². The molecule has 0 saturated carbocycles. The minimum Gasteiger partial charge on any atom is -0.441 e. The van der Waals surface area contributed by atoms with Crippen molar-refractivity contribution in [2.24, 2.45) is 13.0 Å². The Balaban J connectivity index is 1.02. The van der Waals surface area contributed by atoms with Gasteiger partial charge >= 0.3 is 0 Å². The molecule has 3 heterocycles. The normalized spacial score (nSPS) is 19.6. The van der Waals surface area contributed by atoms with Crippen molar-refractivity contribution in [1.82, 2.24) is 19.7 Å². The van der Waals surface area contributed by atoms with E-state index in [0.29, 0.717) is 5.92 Å². The van der Waals surface area contributed by atoms with Gasteiger partial charge in [0.15, 0.2) is 16.6 Å². The molecular weight excluding hydrogens is 432 g/mol. The molecule has 2 aromatic heterocycles. The highest BCUT2D eigenvalue weighted by Crippen LogP contribution is 2.31. The van der Waals surface area contributed by atoms with Gasteiger partial charge in [0.2, 0.25) is 0 Å². The van der Waals surface area contributed by atoms with Crippen molar-refractivity contribution in [3.05, 3.63) is 35.0 Å². The standard InChI is InChI=1S/C26H36N4O2S/c1-18-27-23-16-21-9-7-19(8-10-22(21)17-24(23)32-18)6-4-3-5-15-33-26-29-28-25(30(26)2)20-11-13-31-14-12-20/h16-17,19-20H,3-15H2,1-2H3. The number of hydrogen-bond donors (Lipinski definition) is 0. The molecule has 2 aliphatic rings. The van der Waals surface area contributed by atoms with Crippen molar-refractivity contribution < 1.29 is 9.15 Å². The average Bonchev–Trinajstić information content (AvgIpc) is 3.31. The molecule has 1 aromatic carbocycles. The van der Waals surface area contributed by atoms with Crippen molar-refractivity contribution in [3.8, 4) is 0 Å². The summed E-state index contributed by atoms with van der Waals surface area (Å²) >= 11 is 1.86. The van der Waals surface area contributed by atoms with Crippen LogP contribution in [0.15, 0.2) is 21.7 Å². The highest BCUT2D eigenvalue weighted by atomic mass is 32.2. The topological polar surface area (TPSA) is 66.0 Å². The van der Waals surface area contributed by atoms with Crippen LogP contribution in [0.3, 0.4) is 0 Å². The smallest absolute Gasteiger partial charge is 0.192 e. The number of fused-ring (bicyclic) bond motifs is 2. The number of nitrogens with zero attached hydrogens (tertiary/aromatic N) is 4. The van der Waals surface area contributed by atoms with Gasteiger partial charge in [-0.25, -0.2) is 4.98 Å². The lowest BCUT2D eigenvalue weighted by molar-refractivity contribution is 0.0828. The van der Waals surface area contributed by atoms with Gasteiger partial charge in [0.05, 0.1) is 0 Å². The molecule has 0 spiro atoms. The van der Waals surface area contributed by atoms with Crippen molar-refractivity contribution in [2.45, 2.75) is 82.2 Å². The van der Waals surface area contributed by atoms with Crippen molar-refractivity contribution in [1.29, 1.82) is 0 Å². The summed E-state index contributed by atoms with van der Waals surface area (Å²) in [6.45, 7) is 3.62. The maximum absolute atomic E-state index is 5.75. The van der Waals surface area contributed by atoms with Crippen LogP contribution in [-0.2, 0) is 24.6 Å². The maximum Gasteiger partial charge on any atom is 0.192 e. The monoisotopic (exact) mass is 468 g/mol. The molecule has 1 aliphatic heterocycles. The maximum atomic E-state index is 5.75. The van der Waals surface area contributed by atoms with Crippen LogP contribution in [0.2, 0.25) is 0 Å². The number of benzene rings is 1. The Hall–Kier alpha value is -1.86. The molecule has 1 aliphatic carbocycles. The van der Waals surface area contributed by atoms with E-state index in [-0.39, 0.29) is 0 Å². The predicted octanol–water partition coefficient (Wildman–Crippen LogP) is 6.01. The minimum absolute atomic E-state index is 0.502. The van der Waals surface area contributed by atoms with Crippen LogP contribution in [0.5, 0.6) is 0 Å². The van der Waals surface area contributed by atoms with Gasteiger partial charge in [0.1, 0.15) is 11.3 Å². The number of aromatic nitrogens is 4. The number of rotatable bonds is 8. The lowest BCUT2D eigenvalue weighted by Gasteiger charge is -2.21. The fraction of sp³-hybridized carbons (Fsp3) is 0.654. The molecule has 1 atom stereocenters. The third-order valence-corrected chi connectivity index (χ3v) is 8.51. The first-order valence-electron chi connectivity index (χ1n) is 12.7. The third kappa shape index (κ3) is 5.46. The average molecular weight is 469 g/mol. The van der Waals surface area contributed by atoms with E-state index in [1.807, 2.05) is 18.7 Å². The van der Waals surface area contributed by atoms with E-state index in [2.05, 4.69) is 38.9 Å². The Morgan fingerprint density at radius 2 is 1.79 bits per heavy atom. The lowest BCUT2D eigenvalue weighted by Crippen LogP contribution is -2.17. The first-order chi connectivity index (χ1) is 16.2. The molecule has 5 rings (SSSR count). The summed E-state index contributed by atoms with van der Waals surface area (Å²) in [6.07, 6.45) is 12.3. The summed E-state index contributed by atoms with van der Waals surface area (Å²) in [4.78, 5) is 4.52. The van der Waals surface area contributed by atoms with Crippen LogP contribution in [0.4, 0.5) is 0 Å². The molecule has 7 heteroatoms. The van der Waals surface area contributed by atoms with E-state index in [1.54, 1.807) is 0 Å². The molecule has 6 nitrogen and oxygen atoms in total. The Kier molecular flexibility index (Phi) is 7.36. The number of ether oxygens (including phenoxy) is 1. The first-order valence-corrected chi connectivity index (χ1v) is 13.6. The van der Waals surface area contributed by atoms with Gasteiger partial charge in [0, 0.05) is 38.9 Å². The summed E-state index contributed by atoms with van der Waals surface area (Å²) in [5, 5.41) is 10.0. The van der Waals surface area contributed by atoms with Gasteiger partial charge in [-0.1, -0.05) is 31.0 Å². The summed E-state index contributed by atoms with van der Waals surface area (Å²) in [6, 6.07) is 4.50. The summed E-state index contributed by atoms with van der Waals surface area (Å²) < 4.78 is 13.4. The Morgan fingerprint density at radius 1 is 1.00 bits per heavy atom. The van der Waals surface area contributed by atoms with E-state index >= 15 is 0 Å². The number of oxazole rings is 1. The van der Waals surface area contributed by atoms with Gasteiger partial charge < -0.3 is 13.7 Å². The fourth-order valence-electron chi connectivity index (χ4n) is 5.43. The predicted molar refractivity (Wildman–Crippen MR) is 132 cm³/mol. The third-order valence-electron chi connectivity index (χ3n) is 7.40. The van der Waals surface area contributed by atoms with Crippen molar-refractivity contribution in [3.63, 3.8) is 0 Å². The van der Waals surface area contributed by atoms with E-state index in [0.717, 1.165) is 65.7 Å². The first kappa shape index (κ1) is 22.9. The van der Waals surface area contributed by atoms with Gasteiger partial charge in [0.25, 0.3) is 0 Å². The van der Waals surface area contributed by atoms with E-state index in [4.69, 9.17) is 9.15 Å². The van der Waals surface area contributed by atoms with Crippen LogP contribution in [0, 0.1) is 12.8 Å². The highest BCUT2D eigenvalue weighted by molar-refractivity contribution is 7.99. The molecule has 0 amide bonds. The molecule has 178 valence electrons. The summed E-state index contributed by atoms with van der Waals surface area (Å²) in [5.74, 6) is 4.36. The van der Waals surface area contributed by atoms with Gasteiger partial charge in [-0.15, -0.1) is 10.2 Å². The number of thioether (sulfide) groups is 1. The second-order valence-electron chi connectivity index (χ2n) is 9.75. The molecule has 0 bridgehead atoms. The van der Waals surface area contributed by atoms with Crippen LogP contribution in [-0.4, -0.2) is 38.7 Å². The summed E-state index contributed by atoms with van der Waals surface area (Å²) in [5.41, 5.74) is 4.93. The number of hydrogen-bond acceptors (Lipinski definition) is 6. The second kappa shape index (κ2) is 10.6. The zero-order valence-corrected chi connectivity index (χ0v) is 20.8. The fourth-order valence-corrected chi connectivity index (χ4v) is 6.35. The molecule has 3 aromatic rings. The second-order valence-corrected chi connectivity index (χ2v) is 10.8. The van der Waals surface area contributed by atoms with Crippen LogP contribution in [0.25, 0.3) is 11.1 Å². The molecule has 33 heavy (non-hydrogen) atoms. The number of unbranched alkanes of at least 4 members (excludes halogenated alkanes) is 2. The minimum atomic E-state index is 0.502. The van der Waals surface area contributed by atoms with E-state index < -0.39 is 0 Å². The Bertz CT molecular complexity index is 1020. The highest BCUT2D eigenvalue weighted by Gasteiger charge is 2.22. The van der Waals surface area contributed by atoms with Crippen LogP contribution >= 0.6 is 11.8 Å². The zero-order valence-electron chi connectivity index (χ0n) is 20.0. The number of aryl methyl sites for hydroxylation is 3. The SMILES string of the molecule is Cc1nc2cc3c(cc2o1)CCC(CCCCCSc1nnc(C2CCOCC2)n1C)CC3. The lowest BCUT2D eigenvalue weighted by atomic mass is 9.93. The largest absolute Gasteiger partial charge is 0.441 e. The van der Waals surface area contributed by atoms with Gasteiger partial charge in [-0.3, -0.25) is 0 Å². The molecule has 1 unspecified atom stereocenters. The van der Waals surface area contributed by atoms with Crippen LogP contribution in [0.1, 0.15) is 80.1 Å². The Morgan fingerprint density at radius 3 is 2.61 bits per heavy atom.